The molecule has 1 aromatic heterocycles. The lowest BCUT2D eigenvalue weighted by molar-refractivity contribution is 0.0934. The van der Waals surface area contributed by atoms with Crippen molar-refractivity contribution >= 4 is 11.6 Å². The summed E-state index contributed by atoms with van der Waals surface area (Å²) in [5.74, 6) is 6.05. The van der Waals surface area contributed by atoms with Crippen LogP contribution in [0.1, 0.15) is 15.9 Å². The smallest absolute Gasteiger partial charge is 0.255 e. The van der Waals surface area contributed by atoms with Crippen LogP contribution in [-0.4, -0.2) is 23.5 Å². The number of pyridine rings is 1. The molecule has 6 nitrogen and oxygen atoms in total. The monoisotopic (exact) mass is 284 g/mol. The lowest BCUT2D eigenvalue weighted by atomic mass is 10.1. The van der Waals surface area contributed by atoms with Gasteiger partial charge in [0, 0.05) is 18.8 Å². The average molecular weight is 284 g/mol. The number of para-hydroxylation sites is 1. The normalized spacial score (nSPS) is 16.0. The number of carbonyl (C=O) groups is 1. The molecule has 0 saturated heterocycles. The van der Waals surface area contributed by atoms with Crippen molar-refractivity contribution in [3.8, 4) is 5.75 Å². The summed E-state index contributed by atoms with van der Waals surface area (Å²) < 4.78 is 5.78. The molecule has 0 aliphatic carbocycles. The van der Waals surface area contributed by atoms with Crippen LogP contribution in [0.2, 0.25) is 0 Å². The van der Waals surface area contributed by atoms with Gasteiger partial charge in [0.1, 0.15) is 11.9 Å². The molecule has 1 amide bonds. The van der Waals surface area contributed by atoms with E-state index in [-0.39, 0.29) is 12.0 Å². The molecule has 2 heterocycles. The third kappa shape index (κ3) is 2.80. The Morgan fingerprint density at radius 3 is 3.05 bits per heavy atom. The van der Waals surface area contributed by atoms with Crippen LogP contribution in [0.15, 0.2) is 42.7 Å². The number of nitrogen functional groups attached to an aromatic ring is 1. The molecule has 1 aliphatic heterocycles. The first-order valence-electron chi connectivity index (χ1n) is 6.71. The second-order valence-electron chi connectivity index (χ2n) is 4.83. The number of hydrogen-bond donors (Lipinski definition) is 3. The zero-order chi connectivity index (χ0) is 14.7. The number of benzene rings is 1. The fourth-order valence-corrected chi connectivity index (χ4v) is 2.37. The largest absolute Gasteiger partial charge is 0.488 e. The van der Waals surface area contributed by atoms with E-state index in [2.05, 4.69) is 15.7 Å². The van der Waals surface area contributed by atoms with Gasteiger partial charge in [0.2, 0.25) is 0 Å². The number of anilines is 1. The minimum Gasteiger partial charge on any atom is -0.488 e. The number of nitrogens with one attached hydrogen (secondary N) is 2. The quantitative estimate of drug-likeness (QED) is 0.578. The Balaban J connectivity index is 1.60. The summed E-state index contributed by atoms with van der Waals surface area (Å²) in [6.45, 7) is 0.437. The van der Waals surface area contributed by atoms with Crippen LogP contribution in [0.25, 0.3) is 0 Å². The summed E-state index contributed by atoms with van der Waals surface area (Å²) in [5.41, 5.74) is 4.61. The van der Waals surface area contributed by atoms with Gasteiger partial charge in [-0.2, -0.15) is 0 Å². The maximum atomic E-state index is 12.2. The minimum absolute atomic E-state index is 0.0442. The Bertz CT molecular complexity index is 635. The van der Waals surface area contributed by atoms with E-state index in [0.29, 0.717) is 17.8 Å². The first-order valence-corrected chi connectivity index (χ1v) is 6.71. The van der Waals surface area contributed by atoms with Crippen molar-refractivity contribution in [2.24, 2.45) is 5.84 Å². The van der Waals surface area contributed by atoms with Gasteiger partial charge in [0.15, 0.2) is 0 Å². The summed E-state index contributed by atoms with van der Waals surface area (Å²) >= 11 is 0. The van der Waals surface area contributed by atoms with E-state index in [1.54, 1.807) is 12.3 Å². The molecule has 3 rings (SSSR count). The molecule has 1 atom stereocenters. The average Bonchev–Trinajstić information content (AvgIpc) is 2.95. The molecular weight excluding hydrogens is 268 g/mol. The molecule has 0 saturated carbocycles. The SMILES string of the molecule is NNc1ccncc1C(=O)NCC1Cc2ccccc2O1. The van der Waals surface area contributed by atoms with Crippen molar-refractivity contribution < 1.29 is 9.53 Å². The van der Waals surface area contributed by atoms with Crippen molar-refractivity contribution in [2.45, 2.75) is 12.5 Å². The molecule has 2 aromatic rings. The third-order valence-electron chi connectivity index (χ3n) is 3.43. The predicted molar refractivity (Wildman–Crippen MR) is 78.9 cm³/mol. The highest BCUT2D eigenvalue weighted by molar-refractivity contribution is 5.99. The summed E-state index contributed by atoms with van der Waals surface area (Å²) in [5, 5.41) is 2.85. The van der Waals surface area contributed by atoms with Crippen LogP contribution in [0.5, 0.6) is 5.75 Å². The van der Waals surface area contributed by atoms with Gasteiger partial charge in [-0.25, -0.2) is 0 Å². The molecule has 0 radical (unpaired) electrons. The van der Waals surface area contributed by atoms with E-state index < -0.39 is 0 Å². The van der Waals surface area contributed by atoms with Crippen molar-refractivity contribution in [3.05, 3.63) is 53.9 Å². The number of rotatable bonds is 4. The molecule has 0 spiro atoms. The first-order chi connectivity index (χ1) is 10.3. The highest BCUT2D eigenvalue weighted by Crippen LogP contribution is 2.27. The van der Waals surface area contributed by atoms with Gasteiger partial charge >= 0.3 is 0 Å². The Labute approximate surface area is 122 Å². The number of amides is 1. The first kappa shape index (κ1) is 13.4. The molecule has 0 bridgehead atoms. The summed E-state index contributed by atoms with van der Waals surface area (Å²) in [4.78, 5) is 16.1. The topological polar surface area (TPSA) is 89.3 Å². The number of nitrogens with two attached hydrogens (primary N) is 1. The van der Waals surface area contributed by atoms with Crippen molar-refractivity contribution in [3.63, 3.8) is 0 Å². The van der Waals surface area contributed by atoms with Gasteiger partial charge in [-0.3, -0.25) is 15.6 Å². The number of carbonyl (C=O) groups excluding carboxylic acids is 1. The fraction of sp³-hybridized carbons (Fsp3) is 0.200. The molecule has 6 heteroatoms. The second kappa shape index (κ2) is 5.80. The number of aromatic nitrogens is 1. The van der Waals surface area contributed by atoms with Crippen LogP contribution in [0.3, 0.4) is 0 Å². The summed E-state index contributed by atoms with van der Waals surface area (Å²) in [7, 11) is 0. The van der Waals surface area contributed by atoms with E-state index in [9.17, 15) is 4.79 Å². The van der Waals surface area contributed by atoms with Gasteiger partial charge in [0.05, 0.1) is 17.8 Å². The second-order valence-corrected chi connectivity index (χ2v) is 4.83. The highest BCUT2D eigenvalue weighted by Gasteiger charge is 2.23. The molecule has 108 valence electrons. The van der Waals surface area contributed by atoms with E-state index in [1.165, 1.54) is 11.8 Å². The molecule has 1 aliphatic rings. The summed E-state index contributed by atoms with van der Waals surface area (Å²) in [6.07, 6.45) is 3.81. The lowest BCUT2D eigenvalue weighted by Gasteiger charge is -2.13. The van der Waals surface area contributed by atoms with Gasteiger partial charge < -0.3 is 15.5 Å². The van der Waals surface area contributed by atoms with E-state index in [1.807, 2.05) is 24.3 Å². The molecule has 0 fully saturated rings. The molecule has 1 aromatic carbocycles. The third-order valence-corrected chi connectivity index (χ3v) is 3.43. The van der Waals surface area contributed by atoms with Crippen LogP contribution >= 0.6 is 0 Å². The maximum absolute atomic E-state index is 12.2. The van der Waals surface area contributed by atoms with Crippen molar-refractivity contribution in [2.75, 3.05) is 12.0 Å². The lowest BCUT2D eigenvalue weighted by Crippen LogP contribution is -2.35. The maximum Gasteiger partial charge on any atom is 0.255 e. The Morgan fingerprint density at radius 2 is 2.24 bits per heavy atom. The van der Waals surface area contributed by atoms with Crippen molar-refractivity contribution in [1.29, 1.82) is 0 Å². The van der Waals surface area contributed by atoms with E-state index >= 15 is 0 Å². The predicted octanol–water partition coefficient (Wildman–Crippen LogP) is 1.10. The number of hydrogen-bond acceptors (Lipinski definition) is 5. The molecular formula is C15H16N4O2. The summed E-state index contributed by atoms with van der Waals surface area (Å²) in [6, 6.07) is 9.55. The van der Waals surface area contributed by atoms with Crippen LogP contribution in [0.4, 0.5) is 5.69 Å². The van der Waals surface area contributed by atoms with Gasteiger partial charge in [-0.1, -0.05) is 18.2 Å². The molecule has 4 N–H and O–H groups in total. The van der Waals surface area contributed by atoms with Crippen LogP contribution in [0, 0.1) is 0 Å². The number of fused-ring (bicyclic) bond motifs is 1. The van der Waals surface area contributed by atoms with Crippen LogP contribution < -0.4 is 21.3 Å². The standard InChI is InChI=1S/C15H16N4O2/c16-19-13-5-6-17-9-12(13)15(20)18-8-11-7-10-3-1-2-4-14(10)21-11/h1-6,9,11H,7-8,16H2,(H,17,19)(H,18,20). The zero-order valence-corrected chi connectivity index (χ0v) is 11.4. The molecule has 1 unspecified atom stereocenters. The molecule has 21 heavy (non-hydrogen) atoms. The number of nitrogens with zero attached hydrogens (tertiary/aromatic N) is 1. The van der Waals surface area contributed by atoms with E-state index in [4.69, 9.17) is 10.6 Å². The van der Waals surface area contributed by atoms with Crippen molar-refractivity contribution in [1.82, 2.24) is 10.3 Å². The highest BCUT2D eigenvalue weighted by atomic mass is 16.5. The number of ether oxygens (including phenoxy) is 1. The number of hydrazine groups is 1. The van der Waals surface area contributed by atoms with Gasteiger partial charge in [0.25, 0.3) is 5.91 Å². The minimum atomic E-state index is -0.226. The Hall–Kier alpha value is -2.60. The van der Waals surface area contributed by atoms with E-state index in [0.717, 1.165) is 12.2 Å². The van der Waals surface area contributed by atoms with Gasteiger partial charge in [-0.05, 0) is 17.7 Å². The van der Waals surface area contributed by atoms with Crippen LogP contribution in [-0.2, 0) is 6.42 Å². The Morgan fingerprint density at radius 1 is 1.38 bits per heavy atom. The zero-order valence-electron chi connectivity index (χ0n) is 11.4. The Kier molecular flexibility index (Phi) is 3.70. The fourth-order valence-electron chi connectivity index (χ4n) is 2.37. The van der Waals surface area contributed by atoms with Gasteiger partial charge in [-0.15, -0.1) is 0 Å².